The van der Waals surface area contributed by atoms with Crippen LogP contribution >= 0.6 is 16.5 Å². The van der Waals surface area contributed by atoms with Crippen LogP contribution < -0.4 is 5.30 Å². The highest BCUT2D eigenvalue weighted by Crippen LogP contribution is 2.44. The number of unbranched alkanes of at least 4 members (excludes halogenated alkanes) is 6. The van der Waals surface area contributed by atoms with Crippen LogP contribution in [0.25, 0.3) is 0 Å². The van der Waals surface area contributed by atoms with Crippen LogP contribution in [-0.4, -0.2) is 36.0 Å². The van der Waals surface area contributed by atoms with Crippen molar-refractivity contribution in [3.8, 4) is 0 Å². The Hall–Kier alpha value is -0.160. The lowest BCUT2D eigenvalue weighted by Crippen LogP contribution is -2.15. The third kappa shape index (κ3) is 12.3. The number of hydrogen-bond donors (Lipinski definition) is 3. The second-order valence-corrected chi connectivity index (χ2v) is 9.00. The fourth-order valence-electron chi connectivity index (χ4n) is 2.51. The van der Waals surface area contributed by atoms with Crippen molar-refractivity contribution in [2.24, 2.45) is 0 Å². The maximum atomic E-state index is 9.39. The largest absolute Gasteiger partial charge is 0.441 e. The van der Waals surface area contributed by atoms with Gasteiger partial charge in [0, 0.05) is 26.9 Å². The Morgan fingerprint density at radius 2 is 1.31 bits per heavy atom. The van der Waals surface area contributed by atoms with Gasteiger partial charge < -0.3 is 13.6 Å². The molecule has 0 aliphatic heterocycles. The number of aryl methyl sites for hydroxylation is 1. The van der Waals surface area contributed by atoms with Crippen molar-refractivity contribution in [2.45, 2.75) is 58.3 Å². The van der Waals surface area contributed by atoms with E-state index in [1.165, 1.54) is 32.1 Å². The van der Waals surface area contributed by atoms with Crippen molar-refractivity contribution in [3.05, 3.63) is 29.8 Å². The standard InChI is InChI=1S/C15H26O3P.C3H9O3P/c1-2-3-4-5-6-7-8-11-14-12-9-10-13-15(14)19(16,17)18;1-4-7(5-2)6-3/h9-10,12-13,16-18H,2-8,11H2,1H3;1-3H3/q+1;. The Bertz CT molecular complexity index is 444. The fraction of sp³-hybridized carbons (Fsp3) is 0.667. The topological polar surface area (TPSA) is 88.4 Å². The molecule has 0 aromatic heterocycles. The Balaban J connectivity index is 0.000000758. The Kier molecular flexibility index (Phi) is 15.8. The molecule has 0 amide bonds. The van der Waals surface area contributed by atoms with Gasteiger partial charge in [0.1, 0.15) is 0 Å². The lowest BCUT2D eigenvalue weighted by Gasteiger charge is -2.09. The van der Waals surface area contributed by atoms with Crippen molar-refractivity contribution >= 4 is 21.9 Å². The molecule has 3 N–H and O–H groups in total. The van der Waals surface area contributed by atoms with E-state index in [4.69, 9.17) is 0 Å². The molecule has 0 heterocycles. The highest BCUT2D eigenvalue weighted by atomic mass is 31.2. The van der Waals surface area contributed by atoms with Gasteiger partial charge in [-0.2, -0.15) is 14.7 Å². The molecular weight excluding hydrogens is 374 g/mol. The number of hydrogen-bond acceptors (Lipinski definition) is 6. The summed E-state index contributed by atoms with van der Waals surface area (Å²) in [5.41, 5.74) is 0.858. The van der Waals surface area contributed by atoms with E-state index in [9.17, 15) is 14.7 Å². The molecule has 1 aromatic rings. The van der Waals surface area contributed by atoms with Crippen LogP contribution in [0.2, 0.25) is 0 Å². The zero-order valence-electron chi connectivity index (χ0n) is 16.4. The molecule has 0 fully saturated rings. The van der Waals surface area contributed by atoms with Crippen LogP contribution in [0, 0.1) is 0 Å². The second-order valence-electron chi connectivity index (χ2n) is 5.84. The van der Waals surface area contributed by atoms with Crippen LogP contribution in [0.15, 0.2) is 24.3 Å². The first-order valence-corrected chi connectivity index (χ1v) is 11.7. The third-order valence-electron chi connectivity index (χ3n) is 3.81. The highest BCUT2D eigenvalue weighted by Gasteiger charge is 2.36. The van der Waals surface area contributed by atoms with E-state index in [-0.39, 0.29) is 0 Å². The van der Waals surface area contributed by atoms with Crippen molar-refractivity contribution < 1.29 is 28.3 Å². The van der Waals surface area contributed by atoms with Gasteiger partial charge in [-0.1, -0.05) is 63.6 Å². The highest BCUT2D eigenvalue weighted by molar-refractivity contribution is 7.66. The number of benzene rings is 1. The number of rotatable bonds is 12. The first-order chi connectivity index (χ1) is 12.4. The molecule has 0 aliphatic rings. The minimum atomic E-state index is -3.88. The van der Waals surface area contributed by atoms with Crippen LogP contribution in [0.5, 0.6) is 0 Å². The van der Waals surface area contributed by atoms with Gasteiger partial charge >= 0.3 is 16.5 Å². The van der Waals surface area contributed by atoms with Crippen molar-refractivity contribution in [3.63, 3.8) is 0 Å². The van der Waals surface area contributed by atoms with Crippen LogP contribution in [0.3, 0.4) is 0 Å². The molecule has 0 atom stereocenters. The lowest BCUT2D eigenvalue weighted by atomic mass is 10.0. The fourth-order valence-corrected chi connectivity index (χ4v) is 3.82. The summed E-state index contributed by atoms with van der Waals surface area (Å²) >= 11 is 0. The van der Waals surface area contributed by atoms with E-state index in [0.717, 1.165) is 24.8 Å². The lowest BCUT2D eigenvalue weighted by molar-refractivity contribution is 0.239. The van der Waals surface area contributed by atoms with E-state index in [2.05, 4.69) is 20.5 Å². The summed E-state index contributed by atoms with van der Waals surface area (Å²) < 4.78 is 14.0. The summed E-state index contributed by atoms with van der Waals surface area (Å²) in [4.78, 5) is 28.2. The molecule has 0 spiro atoms. The van der Waals surface area contributed by atoms with E-state index in [1.807, 2.05) is 12.1 Å². The molecular formula is C18H35O6P2+. The zero-order chi connectivity index (χ0) is 19.8. The van der Waals surface area contributed by atoms with E-state index >= 15 is 0 Å². The summed E-state index contributed by atoms with van der Waals surface area (Å²) in [7, 11) is -0.309. The summed E-state index contributed by atoms with van der Waals surface area (Å²) in [6, 6.07) is 7.06. The molecule has 6 nitrogen and oxygen atoms in total. The average Bonchev–Trinajstić information content (AvgIpc) is 2.62. The van der Waals surface area contributed by atoms with Gasteiger partial charge in [0.2, 0.25) is 0 Å². The predicted molar refractivity (Wildman–Crippen MR) is 109 cm³/mol. The van der Waals surface area contributed by atoms with Gasteiger partial charge in [-0.15, -0.1) is 0 Å². The van der Waals surface area contributed by atoms with Gasteiger partial charge in [-0.3, -0.25) is 0 Å². The molecule has 0 bridgehead atoms. The molecule has 0 saturated carbocycles. The molecule has 1 aromatic carbocycles. The van der Waals surface area contributed by atoms with Crippen LogP contribution in [0.4, 0.5) is 0 Å². The maximum Gasteiger partial charge on any atom is 0.441 e. The van der Waals surface area contributed by atoms with E-state index in [0.29, 0.717) is 5.30 Å². The molecule has 0 saturated heterocycles. The van der Waals surface area contributed by atoms with Gasteiger partial charge in [0.25, 0.3) is 0 Å². The SMILES string of the molecule is CCCCCCCCCc1ccccc1[P+](O)(O)O.COP(OC)OC. The Morgan fingerprint density at radius 1 is 0.808 bits per heavy atom. The van der Waals surface area contributed by atoms with Gasteiger partial charge in [-0.25, -0.2) is 0 Å². The predicted octanol–water partition coefficient (Wildman–Crippen LogP) is 4.50. The van der Waals surface area contributed by atoms with Crippen LogP contribution in [0.1, 0.15) is 57.4 Å². The quantitative estimate of drug-likeness (QED) is 0.348. The second kappa shape index (κ2) is 15.9. The summed E-state index contributed by atoms with van der Waals surface area (Å²) in [5, 5.41) is 0.306. The minimum Gasteiger partial charge on any atom is -0.316 e. The van der Waals surface area contributed by atoms with Gasteiger partial charge in [0.15, 0.2) is 5.30 Å². The smallest absolute Gasteiger partial charge is 0.316 e. The first-order valence-electron chi connectivity index (χ1n) is 8.98. The third-order valence-corrected chi connectivity index (χ3v) is 5.79. The molecule has 1 rings (SSSR count). The maximum absolute atomic E-state index is 9.39. The Morgan fingerprint density at radius 3 is 1.77 bits per heavy atom. The first kappa shape index (κ1) is 25.8. The van der Waals surface area contributed by atoms with Crippen molar-refractivity contribution in [2.75, 3.05) is 21.3 Å². The molecule has 26 heavy (non-hydrogen) atoms. The zero-order valence-corrected chi connectivity index (χ0v) is 18.2. The average molecular weight is 409 g/mol. The summed E-state index contributed by atoms with van der Waals surface area (Å²) in [5.74, 6) is 0. The van der Waals surface area contributed by atoms with Gasteiger partial charge in [0.05, 0.1) is 0 Å². The summed E-state index contributed by atoms with van der Waals surface area (Å²) in [6.45, 7) is 2.21. The van der Waals surface area contributed by atoms with Gasteiger partial charge in [-0.05, 0) is 18.9 Å². The molecule has 0 radical (unpaired) electrons. The van der Waals surface area contributed by atoms with E-state index in [1.54, 1.807) is 33.5 Å². The van der Waals surface area contributed by atoms with E-state index < -0.39 is 16.5 Å². The monoisotopic (exact) mass is 409 g/mol. The normalized spacial score (nSPS) is 11.4. The van der Waals surface area contributed by atoms with Crippen LogP contribution in [-0.2, 0) is 20.0 Å². The Labute approximate surface area is 160 Å². The molecule has 0 unspecified atom stereocenters. The molecule has 8 heteroatoms. The molecule has 0 aliphatic carbocycles. The summed E-state index contributed by atoms with van der Waals surface area (Å²) in [6.07, 6.45) is 9.40. The van der Waals surface area contributed by atoms with Crippen molar-refractivity contribution in [1.29, 1.82) is 0 Å². The molecule has 152 valence electrons. The minimum absolute atomic E-state index is 0.306. The van der Waals surface area contributed by atoms with Crippen molar-refractivity contribution in [1.82, 2.24) is 0 Å².